The van der Waals surface area contributed by atoms with E-state index in [4.69, 9.17) is 23.7 Å². The van der Waals surface area contributed by atoms with Crippen LogP contribution in [0.1, 0.15) is 43.6 Å². The van der Waals surface area contributed by atoms with Crippen molar-refractivity contribution < 1.29 is 23.5 Å². The number of ether oxygens (including phenoxy) is 3. The number of amides is 1. The lowest BCUT2D eigenvalue weighted by Crippen LogP contribution is -2.54. The molecule has 3 aromatic carbocycles. The predicted octanol–water partition coefficient (Wildman–Crippen LogP) is 7.88. The Morgan fingerprint density at radius 3 is 2.49 bits per heavy atom. The van der Waals surface area contributed by atoms with Crippen molar-refractivity contribution in [2.75, 3.05) is 30.1 Å². The van der Waals surface area contributed by atoms with Gasteiger partial charge in [-0.15, -0.1) is 0 Å². The number of fused-ring (bicyclic) bond motifs is 1. The molecule has 1 amide bonds. The lowest BCUT2D eigenvalue weighted by molar-refractivity contribution is 0.0312. The molecule has 9 nitrogen and oxygen atoms in total. The fraction of sp³-hybridized carbons (Fsp3) is 0.289. The van der Waals surface area contributed by atoms with Crippen LogP contribution in [0.4, 0.5) is 16.3 Å². The molecule has 5 aromatic rings. The van der Waals surface area contributed by atoms with Crippen LogP contribution in [0.15, 0.2) is 114 Å². The van der Waals surface area contributed by atoms with Gasteiger partial charge in [0, 0.05) is 18.3 Å². The summed E-state index contributed by atoms with van der Waals surface area (Å²) in [4.78, 5) is 22.5. The zero-order valence-corrected chi connectivity index (χ0v) is 27.2. The van der Waals surface area contributed by atoms with E-state index in [0.29, 0.717) is 37.6 Å². The van der Waals surface area contributed by atoms with Gasteiger partial charge in [0.1, 0.15) is 23.7 Å². The summed E-state index contributed by atoms with van der Waals surface area (Å²) < 4.78 is 23.2. The Morgan fingerprint density at radius 2 is 1.77 bits per heavy atom. The van der Waals surface area contributed by atoms with E-state index in [1.807, 2.05) is 75.4 Å². The number of nitrogens with zero attached hydrogens (tertiary/aromatic N) is 4. The average Bonchev–Trinajstić information content (AvgIpc) is 3.63. The van der Waals surface area contributed by atoms with Crippen molar-refractivity contribution in [1.29, 1.82) is 0 Å². The van der Waals surface area contributed by atoms with Gasteiger partial charge in [-0.25, -0.2) is 9.78 Å². The highest BCUT2D eigenvalue weighted by Crippen LogP contribution is 2.40. The first-order valence-electron chi connectivity index (χ1n) is 15.8. The first kappa shape index (κ1) is 31.8. The number of aromatic nitrogens is 2. The molecule has 0 spiro atoms. The van der Waals surface area contributed by atoms with Crippen LogP contribution < -0.4 is 14.5 Å². The Balaban J connectivity index is 1.35. The lowest BCUT2D eigenvalue weighted by Gasteiger charge is -2.45. The van der Waals surface area contributed by atoms with Crippen molar-refractivity contribution >= 4 is 17.6 Å². The first-order valence-corrected chi connectivity index (χ1v) is 15.8. The molecule has 0 radical (unpaired) electrons. The summed E-state index contributed by atoms with van der Waals surface area (Å²) in [5.41, 5.74) is 5.23. The van der Waals surface area contributed by atoms with Crippen LogP contribution >= 0.6 is 0 Å². The Bertz CT molecular complexity index is 1750. The molecule has 2 atom stereocenters. The van der Waals surface area contributed by atoms with Gasteiger partial charge in [0.05, 0.1) is 38.2 Å². The van der Waals surface area contributed by atoms with Crippen molar-refractivity contribution in [1.82, 2.24) is 10.1 Å². The number of methoxy groups -OCH3 is 1. The first-order chi connectivity index (χ1) is 22.8. The molecular formula is C38H40N4O5. The van der Waals surface area contributed by atoms with Crippen molar-refractivity contribution in [2.45, 2.75) is 51.5 Å². The summed E-state index contributed by atoms with van der Waals surface area (Å²) in [7, 11) is 1.66. The molecule has 9 heteroatoms. The third-order valence-corrected chi connectivity index (χ3v) is 8.08. The second kappa shape index (κ2) is 14.1. The molecule has 0 fully saturated rings. The van der Waals surface area contributed by atoms with E-state index in [-0.39, 0.29) is 6.04 Å². The zero-order valence-electron chi connectivity index (χ0n) is 27.2. The van der Waals surface area contributed by atoms with Gasteiger partial charge >= 0.3 is 6.09 Å². The smallest absolute Gasteiger partial charge is 0.415 e. The second-order valence-corrected chi connectivity index (χ2v) is 12.5. The molecule has 3 heterocycles. The highest BCUT2D eigenvalue weighted by molar-refractivity contribution is 5.93. The zero-order chi connectivity index (χ0) is 32.8. The summed E-state index contributed by atoms with van der Waals surface area (Å²) in [6, 6.07) is 30.0. The monoisotopic (exact) mass is 632 g/mol. The molecule has 0 bridgehead atoms. The fourth-order valence-electron chi connectivity index (χ4n) is 5.86. The van der Waals surface area contributed by atoms with Crippen LogP contribution in [0.5, 0.6) is 5.75 Å². The van der Waals surface area contributed by atoms with E-state index in [9.17, 15) is 4.79 Å². The average molecular weight is 633 g/mol. The Kier molecular flexibility index (Phi) is 9.54. The van der Waals surface area contributed by atoms with Crippen molar-refractivity contribution in [3.63, 3.8) is 0 Å². The van der Waals surface area contributed by atoms with Crippen LogP contribution in [0.3, 0.4) is 0 Å². The molecule has 1 aliphatic rings. The van der Waals surface area contributed by atoms with Gasteiger partial charge in [-0.1, -0.05) is 71.9 Å². The third-order valence-electron chi connectivity index (χ3n) is 8.08. The van der Waals surface area contributed by atoms with Gasteiger partial charge in [-0.3, -0.25) is 4.90 Å². The molecule has 0 saturated carbocycles. The highest BCUT2D eigenvalue weighted by atomic mass is 16.6. The number of hydrogen-bond acceptors (Lipinski definition) is 8. The van der Waals surface area contributed by atoms with Crippen molar-refractivity contribution in [3.8, 4) is 16.9 Å². The molecule has 6 rings (SSSR count). The molecule has 2 aromatic heterocycles. The minimum atomic E-state index is -0.661. The quantitative estimate of drug-likeness (QED) is 0.154. The highest BCUT2D eigenvalue weighted by Gasteiger charge is 2.41. The SMILES string of the molecule is COc1ccc(CN2c3ncccc3N(C(=O)OC(C)(C)C)C[C@@H]2[C@@H](OCCc2cccc(-c3cnoc3)c2)c2ccccc2)cc1. The number of rotatable bonds is 10. The molecule has 0 N–H and O–H groups in total. The Morgan fingerprint density at radius 1 is 0.957 bits per heavy atom. The largest absolute Gasteiger partial charge is 0.497 e. The topological polar surface area (TPSA) is 90.2 Å². The van der Waals surface area contributed by atoms with E-state index < -0.39 is 17.8 Å². The van der Waals surface area contributed by atoms with E-state index in [2.05, 4.69) is 46.5 Å². The summed E-state index contributed by atoms with van der Waals surface area (Å²) in [5.74, 6) is 1.48. The molecule has 1 aliphatic heterocycles. The second-order valence-electron chi connectivity index (χ2n) is 12.5. The van der Waals surface area contributed by atoms with Gasteiger partial charge in [0.15, 0.2) is 5.82 Å². The van der Waals surface area contributed by atoms with Crippen LogP contribution in [0, 0.1) is 0 Å². The summed E-state index contributed by atoms with van der Waals surface area (Å²) in [6.45, 7) is 6.98. The van der Waals surface area contributed by atoms with E-state index >= 15 is 0 Å². The number of hydrogen-bond donors (Lipinski definition) is 0. The maximum atomic E-state index is 13.7. The van der Waals surface area contributed by atoms with Gasteiger partial charge in [0.25, 0.3) is 0 Å². The van der Waals surface area contributed by atoms with Gasteiger partial charge < -0.3 is 23.6 Å². The number of benzene rings is 3. The lowest BCUT2D eigenvalue weighted by atomic mass is 9.96. The van der Waals surface area contributed by atoms with Gasteiger partial charge in [0.2, 0.25) is 0 Å². The summed E-state index contributed by atoms with van der Waals surface area (Å²) in [5, 5.41) is 3.85. The van der Waals surface area contributed by atoms with Gasteiger partial charge in [-0.05, 0) is 73.7 Å². The Hall–Kier alpha value is -5.15. The van der Waals surface area contributed by atoms with Crippen LogP contribution in [-0.2, 0) is 22.4 Å². The summed E-state index contributed by atoms with van der Waals surface area (Å²) >= 11 is 0. The number of carbonyl (C=O) groups excluding carboxylic acids is 1. The fourth-order valence-corrected chi connectivity index (χ4v) is 5.86. The molecular weight excluding hydrogens is 592 g/mol. The number of anilines is 2. The van der Waals surface area contributed by atoms with Crippen LogP contribution in [0.25, 0.3) is 11.1 Å². The minimum Gasteiger partial charge on any atom is -0.497 e. The van der Waals surface area contributed by atoms with E-state index in [0.717, 1.165) is 33.6 Å². The number of pyridine rings is 1. The third kappa shape index (κ3) is 7.64. The minimum absolute atomic E-state index is 0.294. The maximum absolute atomic E-state index is 13.7. The standard InChI is InChI=1S/C38H40N4O5/c1-38(2,3)47-37(43)42-25-34(41(36-33(42)14-9-20-39-36)24-28-15-17-32(44-4)18-16-28)35(29-11-6-5-7-12-29)45-21-19-27-10-8-13-30(22-27)31-23-40-46-26-31/h5-18,20,22-23,26,34-35H,19,21,24-25H2,1-4H3/t34-,35+/m1/s1. The van der Waals surface area contributed by atoms with Crippen LogP contribution in [0.2, 0.25) is 0 Å². The maximum Gasteiger partial charge on any atom is 0.415 e. The molecule has 0 saturated heterocycles. The normalized spacial score (nSPS) is 15.2. The molecule has 47 heavy (non-hydrogen) atoms. The van der Waals surface area contributed by atoms with Crippen LogP contribution in [-0.4, -0.2) is 48.1 Å². The molecule has 0 unspecified atom stereocenters. The predicted molar refractivity (Wildman–Crippen MR) is 182 cm³/mol. The van der Waals surface area contributed by atoms with Crippen molar-refractivity contribution in [3.05, 3.63) is 126 Å². The van der Waals surface area contributed by atoms with Gasteiger partial charge in [-0.2, -0.15) is 0 Å². The van der Waals surface area contributed by atoms with Crippen molar-refractivity contribution in [2.24, 2.45) is 0 Å². The Labute approximate surface area is 275 Å². The number of carbonyl (C=O) groups is 1. The van der Waals surface area contributed by atoms with E-state index in [1.54, 1.807) is 30.7 Å². The van der Waals surface area contributed by atoms with E-state index in [1.165, 1.54) is 0 Å². The summed E-state index contributed by atoms with van der Waals surface area (Å²) in [6.07, 6.45) is 5.00. The molecule has 242 valence electrons. The molecule has 0 aliphatic carbocycles.